The highest BCUT2D eigenvalue weighted by molar-refractivity contribution is 6.00. The molecule has 0 radical (unpaired) electrons. The quantitative estimate of drug-likeness (QED) is 0.456. The molecule has 7 heteroatoms. The van der Waals surface area contributed by atoms with Gasteiger partial charge in [-0.05, 0) is 43.8 Å². The van der Waals surface area contributed by atoms with Gasteiger partial charge in [0.15, 0.2) is 0 Å². The number of anilines is 1. The molecule has 0 aliphatic carbocycles. The summed E-state index contributed by atoms with van der Waals surface area (Å²) in [4.78, 5) is 26.4. The van der Waals surface area contributed by atoms with Crippen molar-refractivity contribution in [1.29, 1.82) is 0 Å². The van der Waals surface area contributed by atoms with E-state index in [1.165, 1.54) is 0 Å². The number of fused-ring (bicyclic) bond motifs is 2. The zero-order chi connectivity index (χ0) is 22.4. The van der Waals surface area contributed by atoms with Crippen molar-refractivity contribution in [2.45, 2.75) is 6.92 Å². The lowest BCUT2D eigenvalue weighted by atomic mass is 10.0. The van der Waals surface area contributed by atoms with Gasteiger partial charge in [-0.25, -0.2) is 15.0 Å². The standard InChI is InChI=1S/C26H25N7/c1-17-20(4-3-7-27-17)19-13-21-23(15-29-25(21)28-14-19)18-5-6-24-22(12-18)26(31-16-30-24)33-10-8-32(2)9-11-33/h3-7,12-16H,8-11H2,1-2H3,(H,28,29). The zero-order valence-electron chi connectivity index (χ0n) is 18.8. The minimum Gasteiger partial charge on any atom is -0.353 e. The van der Waals surface area contributed by atoms with Gasteiger partial charge in [0, 0.05) is 77.9 Å². The van der Waals surface area contributed by atoms with Crippen molar-refractivity contribution in [3.05, 3.63) is 67.0 Å². The molecule has 0 bridgehead atoms. The monoisotopic (exact) mass is 435 g/mol. The van der Waals surface area contributed by atoms with E-state index in [9.17, 15) is 0 Å². The Morgan fingerprint density at radius 2 is 1.70 bits per heavy atom. The molecule has 0 saturated carbocycles. The van der Waals surface area contributed by atoms with Crippen LogP contribution in [0.3, 0.4) is 0 Å². The van der Waals surface area contributed by atoms with Crippen LogP contribution in [0.15, 0.2) is 61.3 Å². The van der Waals surface area contributed by atoms with Crippen molar-refractivity contribution >= 4 is 27.8 Å². The predicted octanol–water partition coefficient (Wildman–Crippen LogP) is 4.30. The molecule has 0 unspecified atom stereocenters. The number of aromatic amines is 1. The third-order valence-corrected chi connectivity index (χ3v) is 6.58. The lowest BCUT2D eigenvalue weighted by Gasteiger charge is -2.33. The number of nitrogens with one attached hydrogen (secondary N) is 1. The summed E-state index contributed by atoms with van der Waals surface area (Å²) in [5.41, 5.74) is 7.25. The molecule has 0 spiro atoms. The van der Waals surface area contributed by atoms with Crippen LogP contribution in [0.25, 0.3) is 44.2 Å². The van der Waals surface area contributed by atoms with Crippen LogP contribution in [-0.2, 0) is 0 Å². The molecule has 1 aromatic carbocycles. The van der Waals surface area contributed by atoms with Gasteiger partial charge in [-0.1, -0.05) is 12.1 Å². The normalized spacial score (nSPS) is 14.9. The predicted molar refractivity (Wildman–Crippen MR) is 132 cm³/mol. The number of H-pyrrole nitrogens is 1. The Bertz CT molecular complexity index is 1460. The molecule has 4 aromatic heterocycles. The maximum atomic E-state index is 4.68. The molecule has 1 aliphatic rings. The van der Waals surface area contributed by atoms with Gasteiger partial charge in [-0.15, -0.1) is 0 Å². The average Bonchev–Trinajstić information content (AvgIpc) is 3.27. The Balaban J connectivity index is 1.46. The number of aryl methyl sites for hydroxylation is 1. The molecule has 33 heavy (non-hydrogen) atoms. The SMILES string of the molecule is Cc1ncccc1-c1cnc2[nH]cc(-c3ccc4ncnc(N5CCN(C)CC5)c4c3)c2c1. The van der Waals surface area contributed by atoms with Crippen LogP contribution in [0, 0.1) is 6.92 Å². The van der Waals surface area contributed by atoms with Crippen LogP contribution in [0.2, 0.25) is 0 Å². The summed E-state index contributed by atoms with van der Waals surface area (Å²) in [5.74, 6) is 1.01. The fraction of sp³-hybridized carbons (Fsp3) is 0.231. The largest absolute Gasteiger partial charge is 0.353 e. The Morgan fingerprint density at radius 1 is 0.848 bits per heavy atom. The van der Waals surface area contributed by atoms with Gasteiger partial charge in [-0.3, -0.25) is 4.98 Å². The Hall–Kier alpha value is -3.84. The first-order chi connectivity index (χ1) is 16.2. The summed E-state index contributed by atoms with van der Waals surface area (Å²) < 4.78 is 0. The van der Waals surface area contributed by atoms with Gasteiger partial charge >= 0.3 is 0 Å². The van der Waals surface area contributed by atoms with E-state index in [0.29, 0.717) is 0 Å². The van der Waals surface area contributed by atoms with Crippen LogP contribution in [0.4, 0.5) is 5.82 Å². The highest BCUT2D eigenvalue weighted by atomic mass is 15.3. The smallest absolute Gasteiger partial charge is 0.139 e. The van der Waals surface area contributed by atoms with Gasteiger partial charge in [0.25, 0.3) is 0 Å². The Morgan fingerprint density at radius 3 is 2.55 bits per heavy atom. The minimum atomic E-state index is 0.874. The van der Waals surface area contributed by atoms with Gasteiger partial charge in [0.2, 0.25) is 0 Å². The highest BCUT2D eigenvalue weighted by Gasteiger charge is 2.19. The molecular weight excluding hydrogens is 410 g/mol. The highest BCUT2D eigenvalue weighted by Crippen LogP contribution is 2.34. The van der Waals surface area contributed by atoms with E-state index in [0.717, 1.165) is 81.9 Å². The second kappa shape index (κ2) is 7.94. The number of piperazine rings is 1. The fourth-order valence-electron chi connectivity index (χ4n) is 4.66. The van der Waals surface area contributed by atoms with E-state index in [2.05, 4.69) is 72.1 Å². The van der Waals surface area contributed by atoms with Crippen molar-refractivity contribution < 1.29 is 0 Å². The van der Waals surface area contributed by atoms with Gasteiger partial charge < -0.3 is 14.8 Å². The van der Waals surface area contributed by atoms with Gasteiger partial charge in [0.1, 0.15) is 17.8 Å². The van der Waals surface area contributed by atoms with E-state index < -0.39 is 0 Å². The Kier molecular flexibility index (Phi) is 4.77. The number of aromatic nitrogens is 5. The van der Waals surface area contributed by atoms with Gasteiger partial charge in [0.05, 0.1) is 5.52 Å². The van der Waals surface area contributed by atoms with Crippen molar-refractivity contribution in [2.24, 2.45) is 0 Å². The van der Waals surface area contributed by atoms with Crippen molar-refractivity contribution in [3.8, 4) is 22.3 Å². The van der Waals surface area contributed by atoms with Crippen molar-refractivity contribution in [3.63, 3.8) is 0 Å². The topological polar surface area (TPSA) is 73.8 Å². The minimum absolute atomic E-state index is 0.874. The van der Waals surface area contributed by atoms with E-state index in [1.807, 2.05) is 31.6 Å². The van der Waals surface area contributed by atoms with E-state index in [4.69, 9.17) is 0 Å². The second-order valence-electron chi connectivity index (χ2n) is 8.68. The maximum Gasteiger partial charge on any atom is 0.139 e. The summed E-state index contributed by atoms with van der Waals surface area (Å²) in [7, 11) is 2.17. The number of likely N-dealkylation sites (N-methyl/N-ethyl adjacent to an activating group) is 1. The summed E-state index contributed by atoms with van der Waals surface area (Å²) in [5, 5.41) is 2.18. The maximum absolute atomic E-state index is 4.68. The van der Waals surface area contributed by atoms with Crippen molar-refractivity contribution in [1.82, 2.24) is 29.8 Å². The van der Waals surface area contributed by atoms with E-state index in [-0.39, 0.29) is 0 Å². The summed E-state index contributed by atoms with van der Waals surface area (Å²) in [6, 6.07) is 12.7. The van der Waals surface area contributed by atoms with Crippen molar-refractivity contribution in [2.75, 3.05) is 38.1 Å². The fourth-order valence-corrected chi connectivity index (χ4v) is 4.66. The number of pyridine rings is 2. The number of rotatable bonds is 3. The molecule has 5 heterocycles. The number of hydrogen-bond donors (Lipinski definition) is 1. The molecular formula is C26H25N7. The molecule has 6 rings (SSSR count). The number of nitrogens with zero attached hydrogens (tertiary/aromatic N) is 6. The molecule has 1 saturated heterocycles. The molecule has 7 nitrogen and oxygen atoms in total. The molecule has 164 valence electrons. The lowest BCUT2D eigenvalue weighted by Crippen LogP contribution is -2.44. The molecule has 1 aliphatic heterocycles. The lowest BCUT2D eigenvalue weighted by molar-refractivity contribution is 0.312. The first-order valence-corrected chi connectivity index (χ1v) is 11.2. The first kappa shape index (κ1) is 19.8. The van der Waals surface area contributed by atoms with Crippen LogP contribution in [0.1, 0.15) is 5.69 Å². The van der Waals surface area contributed by atoms with Crippen LogP contribution in [0.5, 0.6) is 0 Å². The summed E-state index contributed by atoms with van der Waals surface area (Å²) in [6.07, 6.45) is 7.44. The second-order valence-corrected chi connectivity index (χ2v) is 8.68. The third kappa shape index (κ3) is 3.50. The molecule has 0 atom stereocenters. The number of hydrogen-bond acceptors (Lipinski definition) is 6. The van der Waals surface area contributed by atoms with Crippen LogP contribution >= 0.6 is 0 Å². The van der Waals surface area contributed by atoms with Crippen LogP contribution < -0.4 is 4.90 Å². The average molecular weight is 436 g/mol. The molecule has 1 N–H and O–H groups in total. The Labute approximate surface area is 192 Å². The summed E-state index contributed by atoms with van der Waals surface area (Å²) >= 11 is 0. The molecule has 0 amide bonds. The first-order valence-electron chi connectivity index (χ1n) is 11.2. The number of benzene rings is 1. The van der Waals surface area contributed by atoms with E-state index in [1.54, 1.807) is 6.33 Å². The van der Waals surface area contributed by atoms with E-state index >= 15 is 0 Å². The van der Waals surface area contributed by atoms with Gasteiger partial charge in [-0.2, -0.15) is 0 Å². The molecule has 5 aromatic rings. The molecule has 1 fully saturated rings. The van der Waals surface area contributed by atoms with Crippen LogP contribution in [-0.4, -0.2) is 63.0 Å². The zero-order valence-corrected chi connectivity index (χ0v) is 18.8. The third-order valence-electron chi connectivity index (χ3n) is 6.58. The summed E-state index contributed by atoms with van der Waals surface area (Å²) in [6.45, 7) is 6.04.